The minimum absolute atomic E-state index is 0.00403. The first kappa shape index (κ1) is 22.4. The van der Waals surface area contributed by atoms with Gasteiger partial charge < -0.3 is 20.0 Å². The number of aromatic carboxylic acids is 1. The molecule has 2 heterocycles. The number of aromatic nitrogens is 3. The van der Waals surface area contributed by atoms with Gasteiger partial charge in [-0.3, -0.25) is 4.79 Å². The highest BCUT2D eigenvalue weighted by atomic mass is 19.1. The molecule has 1 aliphatic rings. The lowest BCUT2D eigenvalue weighted by molar-refractivity contribution is -0.140. The number of carboxylic acids is 1. The molecule has 33 heavy (non-hydrogen) atoms. The molecule has 1 atom stereocenters. The van der Waals surface area contributed by atoms with E-state index < -0.39 is 12.1 Å². The van der Waals surface area contributed by atoms with E-state index in [1.54, 1.807) is 54.4 Å². The summed E-state index contributed by atoms with van der Waals surface area (Å²) in [4.78, 5) is 27.4. The average molecular weight is 453 g/mol. The molecule has 3 aromatic rings. The monoisotopic (exact) mass is 453 g/mol. The number of benzene rings is 2. The quantitative estimate of drug-likeness (QED) is 0.584. The number of piperazine rings is 1. The number of carbonyl (C=O) groups excluding carboxylic acids is 1. The second-order valence-corrected chi connectivity index (χ2v) is 7.92. The first-order chi connectivity index (χ1) is 15.8. The highest BCUT2D eigenvalue weighted by molar-refractivity contribution is 5.88. The Morgan fingerprint density at radius 1 is 1.09 bits per heavy atom. The molecule has 1 saturated heterocycles. The van der Waals surface area contributed by atoms with Crippen molar-refractivity contribution in [2.24, 2.45) is 0 Å². The largest absolute Gasteiger partial charge is 0.478 e. The van der Waals surface area contributed by atoms with Gasteiger partial charge in [0.05, 0.1) is 23.1 Å². The summed E-state index contributed by atoms with van der Waals surface area (Å²) in [5.41, 5.74) is 2.51. The Morgan fingerprint density at radius 2 is 1.79 bits per heavy atom. The van der Waals surface area contributed by atoms with Gasteiger partial charge in [-0.05, 0) is 43.3 Å². The van der Waals surface area contributed by atoms with Crippen LogP contribution in [0.25, 0.3) is 5.69 Å². The van der Waals surface area contributed by atoms with Crippen molar-refractivity contribution in [2.45, 2.75) is 19.4 Å². The van der Waals surface area contributed by atoms with Crippen molar-refractivity contribution < 1.29 is 24.2 Å². The van der Waals surface area contributed by atoms with Crippen LogP contribution in [0.4, 0.5) is 10.1 Å². The Morgan fingerprint density at radius 3 is 2.45 bits per heavy atom. The smallest absolute Gasteiger partial charge is 0.335 e. The zero-order chi connectivity index (χ0) is 23.5. The lowest BCUT2D eigenvalue weighted by atomic mass is 10.1. The van der Waals surface area contributed by atoms with Crippen LogP contribution in [0.1, 0.15) is 21.6 Å². The van der Waals surface area contributed by atoms with Crippen LogP contribution < -0.4 is 4.90 Å². The molecule has 4 rings (SSSR count). The molecule has 1 amide bonds. The zero-order valence-electron chi connectivity index (χ0n) is 18.1. The van der Waals surface area contributed by atoms with Gasteiger partial charge in [0.2, 0.25) is 0 Å². The van der Waals surface area contributed by atoms with Crippen LogP contribution in [0.3, 0.4) is 0 Å². The number of halogens is 1. The number of hydrogen-bond acceptors (Lipinski definition) is 6. The number of aliphatic hydroxyl groups excluding tert-OH is 1. The van der Waals surface area contributed by atoms with Crippen LogP contribution in [0.2, 0.25) is 0 Å². The number of amides is 1. The van der Waals surface area contributed by atoms with Crippen molar-refractivity contribution in [1.82, 2.24) is 19.9 Å². The molecule has 0 saturated carbocycles. The van der Waals surface area contributed by atoms with E-state index in [-0.39, 0.29) is 23.7 Å². The van der Waals surface area contributed by atoms with E-state index in [0.717, 1.165) is 5.69 Å². The van der Waals surface area contributed by atoms with Crippen LogP contribution in [0.5, 0.6) is 0 Å². The van der Waals surface area contributed by atoms with E-state index >= 15 is 0 Å². The number of carbonyl (C=O) groups is 2. The van der Waals surface area contributed by atoms with Gasteiger partial charge in [-0.25, -0.2) is 13.9 Å². The minimum atomic E-state index is -1.26. The third-order valence-electron chi connectivity index (χ3n) is 5.79. The number of nitrogens with zero attached hydrogens (tertiary/aromatic N) is 5. The Balaban J connectivity index is 1.33. The van der Waals surface area contributed by atoms with Gasteiger partial charge in [0.15, 0.2) is 0 Å². The summed E-state index contributed by atoms with van der Waals surface area (Å²) in [5.74, 6) is -1.71. The van der Waals surface area contributed by atoms with E-state index in [4.69, 9.17) is 5.11 Å². The molecule has 1 aromatic heterocycles. The highest BCUT2D eigenvalue weighted by Gasteiger charge is 2.27. The van der Waals surface area contributed by atoms with Crippen LogP contribution in [0, 0.1) is 12.7 Å². The molecule has 1 aliphatic heterocycles. The molecule has 1 unspecified atom stereocenters. The predicted octanol–water partition coefficient (Wildman–Crippen LogP) is 1.67. The Labute approximate surface area is 189 Å². The van der Waals surface area contributed by atoms with E-state index in [1.807, 2.05) is 0 Å². The van der Waals surface area contributed by atoms with Crippen molar-refractivity contribution in [3.63, 3.8) is 0 Å². The van der Waals surface area contributed by atoms with Gasteiger partial charge in [-0.1, -0.05) is 11.3 Å². The fourth-order valence-corrected chi connectivity index (χ4v) is 3.85. The molecule has 172 valence electrons. The van der Waals surface area contributed by atoms with Crippen molar-refractivity contribution in [3.8, 4) is 5.69 Å². The fourth-order valence-electron chi connectivity index (χ4n) is 3.85. The van der Waals surface area contributed by atoms with Crippen LogP contribution in [0.15, 0.2) is 48.7 Å². The molecule has 2 N–H and O–H groups in total. The van der Waals surface area contributed by atoms with Gasteiger partial charge in [0.1, 0.15) is 11.9 Å². The van der Waals surface area contributed by atoms with E-state index in [1.165, 1.54) is 10.7 Å². The standard InChI is InChI=1S/C23H24FN5O4/c1-15-19(24)3-2-4-20(15)29-14-17(25-26-29)13-21(30)22(31)28-11-9-27(10-12-28)18-7-5-16(6-8-18)23(32)33/h2-8,14,21,30H,9-13H2,1H3,(H,32,33). The third kappa shape index (κ3) is 4.85. The van der Waals surface area contributed by atoms with Gasteiger partial charge in [0, 0.05) is 43.9 Å². The first-order valence-corrected chi connectivity index (χ1v) is 10.6. The van der Waals surface area contributed by atoms with Crippen molar-refractivity contribution in [1.29, 1.82) is 0 Å². The second-order valence-electron chi connectivity index (χ2n) is 7.92. The molecular weight excluding hydrogens is 429 g/mol. The van der Waals surface area contributed by atoms with E-state index in [0.29, 0.717) is 43.1 Å². The predicted molar refractivity (Wildman–Crippen MR) is 118 cm³/mol. The number of hydrogen-bond donors (Lipinski definition) is 2. The topological polar surface area (TPSA) is 112 Å². The van der Waals surface area contributed by atoms with Crippen LogP contribution >= 0.6 is 0 Å². The SMILES string of the molecule is Cc1c(F)cccc1-n1cc(CC(O)C(=O)N2CCN(c3ccc(C(=O)O)cc3)CC2)nn1. The molecule has 0 bridgehead atoms. The molecule has 2 aromatic carbocycles. The maximum absolute atomic E-state index is 13.8. The normalized spacial score (nSPS) is 14.9. The zero-order valence-corrected chi connectivity index (χ0v) is 18.1. The summed E-state index contributed by atoms with van der Waals surface area (Å²) in [6.07, 6.45) is 0.325. The third-order valence-corrected chi connectivity index (χ3v) is 5.79. The Bertz CT molecular complexity index is 1160. The maximum Gasteiger partial charge on any atom is 0.335 e. The molecule has 0 spiro atoms. The fraction of sp³-hybridized carbons (Fsp3) is 0.304. The van der Waals surface area contributed by atoms with E-state index in [2.05, 4.69) is 15.2 Å². The Kier molecular flexibility index (Phi) is 6.36. The molecule has 0 radical (unpaired) electrons. The summed E-state index contributed by atoms with van der Waals surface area (Å²) in [5, 5.41) is 27.5. The van der Waals surface area contributed by atoms with Gasteiger partial charge in [-0.2, -0.15) is 0 Å². The summed E-state index contributed by atoms with van der Waals surface area (Å²) < 4.78 is 15.2. The van der Waals surface area contributed by atoms with Crippen LogP contribution in [-0.4, -0.2) is 74.3 Å². The van der Waals surface area contributed by atoms with Gasteiger partial charge in [-0.15, -0.1) is 5.10 Å². The first-order valence-electron chi connectivity index (χ1n) is 10.6. The number of aliphatic hydroxyl groups is 1. The summed E-state index contributed by atoms with van der Waals surface area (Å²) in [6, 6.07) is 11.3. The average Bonchev–Trinajstić information content (AvgIpc) is 3.28. The molecule has 0 aliphatic carbocycles. The summed E-state index contributed by atoms with van der Waals surface area (Å²) in [6.45, 7) is 3.65. The van der Waals surface area contributed by atoms with Crippen LogP contribution in [-0.2, 0) is 11.2 Å². The molecular formula is C23H24FN5O4. The summed E-state index contributed by atoms with van der Waals surface area (Å²) in [7, 11) is 0. The van der Waals surface area contributed by atoms with Gasteiger partial charge in [0.25, 0.3) is 5.91 Å². The van der Waals surface area contributed by atoms with Crippen molar-refractivity contribution in [2.75, 3.05) is 31.1 Å². The van der Waals surface area contributed by atoms with E-state index in [9.17, 15) is 19.1 Å². The lowest BCUT2D eigenvalue weighted by Gasteiger charge is -2.36. The molecule has 9 nitrogen and oxygen atoms in total. The van der Waals surface area contributed by atoms with Crippen molar-refractivity contribution >= 4 is 17.6 Å². The van der Waals surface area contributed by atoms with Gasteiger partial charge >= 0.3 is 5.97 Å². The van der Waals surface area contributed by atoms with Crippen molar-refractivity contribution in [3.05, 3.63) is 71.3 Å². The Hall–Kier alpha value is -3.79. The number of rotatable bonds is 6. The second kappa shape index (κ2) is 9.37. The molecule has 1 fully saturated rings. The molecule has 10 heteroatoms. The summed E-state index contributed by atoms with van der Waals surface area (Å²) >= 11 is 0. The maximum atomic E-state index is 13.8. The minimum Gasteiger partial charge on any atom is -0.478 e. The highest BCUT2D eigenvalue weighted by Crippen LogP contribution is 2.19. The lowest BCUT2D eigenvalue weighted by Crippen LogP contribution is -2.51. The number of anilines is 1. The number of carboxylic acid groups (broad SMARTS) is 1.